The SMILES string of the molecule is O=C(Nc1cccc(F)c1)[C@H]1CCCN(C(=O)Nc2ccccc2)C1. The molecule has 0 unspecified atom stereocenters. The summed E-state index contributed by atoms with van der Waals surface area (Å²) in [4.78, 5) is 26.4. The summed E-state index contributed by atoms with van der Waals surface area (Å²) in [6.07, 6.45) is 1.46. The van der Waals surface area contributed by atoms with E-state index >= 15 is 0 Å². The normalized spacial score (nSPS) is 17.0. The molecular formula is C19H20FN3O2. The minimum absolute atomic E-state index is 0.192. The van der Waals surface area contributed by atoms with E-state index in [-0.39, 0.29) is 17.9 Å². The van der Waals surface area contributed by atoms with Gasteiger partial charge in [-0.2, -0.15) is 0 Å². The van der Waals surface area contributed by atoms with Crippen LogP contribution in [0.4, 0.5) is 20.6 Å². The molecule has 5 nitrogen and oxygen atoms in total. The van der Waals surface area contributed by atoms with Crippen LogP contribution in [-0.2, 0) is 4.79 Å². The van der Waals surface area contributed by atoms with Gasteiger partial charge in [0.25, 0.3) is 0 Å². The van der Waals surface area contributed by atoms with E-state index in [1.807, 2.05) is 30.3 Å². The molecule has 2 N–H and O–H groups in total. The molecule has 3 rings (SSSR count). The van der Waals surface area contributed by atoms with Crippen molar-refractivity contribution in [2.45, 2.75) is 12.8 Å². The summed E-state index contributed by atoms with van der Waals surface area (Å²) in [6.45, 7) is 0.961. The predicted molar refractivity (Wildman–Crippen MR) is 94.8 cm³/mol. The van der Waals surface area contributed by atoms with Crippen LogP contribution in [0.3, 0.4) is 0 Å². The van der Waals surface area contributed by atoms with Gasteiger partial charge in [0.1, 0.15) is 5.82 Å². The summed E-state index contributed by atoms with van der Waals surface area (Å²) in [5.41, 5.74) is 1.15. The maximum Gasteiger partial charge on any atom is 0.321 e. The second-order valence-corrected chi connectivity index (χ2v) is 6.08. The Morgan fingerprint density at radius 2 is 1.76 bits per heavy atom. The molecule has 1 heterocycles. The number of piperidine rings is 1. The Hall–Kier alpha value is -2.89. The number of carbonyl (C=O) groups is 2. The topological polar surface area (TPSA) is 61.4 Å². The van der Waals surface area contributed by atoms with Crippen LogP contribution in [-0.4, -0.2) is 29.9 Å². The zero-order valence-electron chi connectivity index (χ0n) is 13.7. The van der Waals surface area contributed by atoms with Crippen molar-refractivity contribution in [1.82, 2.24) is 4.90 Å². The van der Waals surface area contributed by atoms with E-state index in [1.54, 1.807) is 17.0 Å². The van der Waals surface area contributed by atoms with Gasteiger partial charge in [0.05, 0.1) is 5.92 Å². The molecule has 25 heavy (non-hydrogen) atoms. The number of benzene rings is 2. The Morgan fingerprint density at radius 1 is 1.00 bits per heavy atom. The first-order valence-electron chi connectivity index (χ1n) is 8.29. The van der Waals surface area contributed by atoms with Crippen LogP contribution in [0.25, 0.3) is 0 Å². The average molecular weight is 341 g/mol. The smallest absolute Gasteiger partial charge is 0.321 e. The number of urea groups is 1. The molecule has 0 radical (unpaired) electrons. The van der Waals surface area contributed by atoms with Crippen molar-refractivity contribution in [3.8, 4) is 0 Å². The molecule has 0 bridgehead atoms. The molecule has 1 aliphatic rings. The number of hydrogen-bond acceptors (Lipinski definition) is 2. The Morgan fingerprint density at radius 3 is 2.52 bits per heavy atom. The van der Waals surface area contributed by atoms with Crippen LogP contribution in [0.15, 0.2) is 54.6 Å². The van der Waals surface area contributed by atoms with Crippen molar-refractivity contribution < 1.29 is 14.0 Å². The number of amides is 3. The van der Waals surface area contributed by atoms with Crippen LogP contribution in [0, 0.1) is 11.7 Å². The van der Waals surface area contributed by atoms with Crippen molar-refractivity contribution in [3.05, 3.63) is 60.4 Å². The van der Waals surface area contributed by atoms with Crippen LogP contribution < -0.4 is 10.6 Å². The summed E-state index contributed by atoms with van der Waals surface area (Å²) >= 11 is 0. The summed E-state index contributed by atoms with van der Waals surface area (Å²) in [6, 6.07) is 14.8. The average Bonchev–Trinajstić information content (AvgIpc) is 2.62. The molecule has 1 atom stereocenters. The summed E-state index contributed by atoms with van der Waals surface area (Å²) in [7, 11) is 0. The zero-order chi connectivity index (χ0) is 17.6. The van der Waals surface area contributed by atoms with Crippen molar-refractivity contribution in [2.75, 3.05) is 23.7 Å². The van der Waals surface area contributed by atoms with E-state index in [4.69, 9.17) is 0 Å². The second kappa shape index (κ2) is 7.79. The van der Waals surface area contributed by atoms with Crippen molar-refractivity contribution in [1.29, 1.82) is 0 Å². The van der Waals surface area contributed by atoms with Crippen LogP contribution >= 0.6 is 0 Å². The Balaban J connectivity index is 1.58. The fraction of sp³-hybridized carbons (Fsp3) is 0.263. The standard InChI is InChI=1S/C19H20FN3O2/c20-15-7-4-10-17(12-15)21-18(24)14-6-5-11-23(13-14)19(25)22-16-8-2-1-3-9-16/h1-4,7-10,12,14H,5-6,11,13H2,(H,21,24)(H,22,25)/t14-/m0/s1. The van der Waals surface area contributed by atoms with Crippen LogP contribution in [0.2, 0.25) is 0 Å². The van der Waals surface area contributed by atoms with Crippen molar-refractivity contribution >= 4 is 23.3 Å². The van der Waals surface area contributed by atoms with Gasteiger partial charge in [0.15, 0.2) is 0 Å². The fourth-order valence-corrected chi connectivity index (χ4v) is 2.91. The molecule has 130 valence electrons. The number of halogens is 1. The highest BCUT2D eigenvalue weighted by Crippen LogP contribution is 2.20. The number of para-hydroxylation sites is 1. The number of carbonyl (C=O) groups excluding carboxylic acids is 2. The molecule has 2 aromatic rings. The minimum atomic E-state index is -0.398. The third kappa shape index (κ3) is 4.56. The quantitative estimate of drug-likeness (QED) is 0.894. The highest BCUT2D eigenvalue weighted by molar-refractivity contribution is 5.94. The predicted octanol–water partition coefficient (Wildman–Crippen LogP) is 3.71. The van der Waals surface area contributed by atoms with Crippen molar-refractivity contribution in [2.24, 2.45) is 5.92 Å². The monoisotopic (exact) mass is 341 g/mol. The van der Waals surface area contributed by atoms with E-state index in [0.717, 1.165) is 12.1 Å². The molecule has 2 aromatic carbocycles. The first-order chi connectivity index (χ1) is 12.1. The molecule has 0 aromatic heterocycles. The van der Waals surface area contributed by atoms with Crippen LogP contribution in [0.5, 0.6) is 0 Å². The summed E-state index contributed by atoms with van der Waals surface area (Å²) in [5, 5.41) is 5.56. The molecule has 6 heteroatoms. The van der Waals surface area contributed by atoms with Gasteiger partial charge in [-0.1, -0.05) is 24.3 Å². The molecular weight excluding hydrogens is 321 g/mol. The van der Waals surface area contributed by atoms with Crippen molar-refractivity contribution in [3.63, 3.8) is 0 Å². The van der Waals surface area contributed by atoms with Gasteiger partial charge in [-0.25, -0.2) is 9.18 Å². The van der Waals surface area contributed by atoms with E-state index in [0.29, 0.717) is 25.2 Å². The van der Waals surface area contributed by atoms with Gasteiger partial charge in [-0.15, -0.1) is 0 Å². The Labute approximate surface area is 145 Å². The lowest BCUT2D eigenvalue weighted by atomic mass is 9.97. The zero-order valence-corrected chi connectivity index (χ0v) is 13.7. The highest BCUT2D eigenvalue weighted by Gasteiger charge is 2.28. The maximum atomic E-state index is 13.2. The first kappa shape index (κ1) is 17.0. The van der Waals surface area contributed by atoms with Gasteiger partial charge in [0.2, 0.25) is 5.91 Å². The molecule has 0 spiro atoms. The molecule has 0 saturated carbocycles. The van der Waals surface area contributed by atoms with E-state index in [9.17, 15) is 14.0 Å². The molecule has 1 saturated heterocycles. The molecule has 1 aliphatic heterocycles. The summed E-state index contributed by atoms with van der Waals surface area (Å²) in [5.74, 6) is -0.897. The largest absolute Gasteiger partial charge is 0.326 e. The van der Waals surface area contributed by atoms with E-state index in [2.05, 4.69) is 10.6 Å². The van der Waals surface area contributed by atoms with Gasteiger partial charge in [-0.3, -0.25) is 4.79 Å². The lowest BCUT2D eigenvalue weighted by molar-refractivity contribution is -0.121. The number of nitrogens with zero attached hydrogens (tertiary/aromatic N) is 1. The van der Waals surface area contributed by atoms with Gasteiger partial charge in [0, 0.05) is 24.5 Å². The lowest BCUT2D eigenvalue weighted by Gasteiger charge is -2.32. The van der Waals surface area contributed by atoms with E-state index in [1.165, 1.54) is 12.1 Å². The number of nitrogens with one attached hydrogen (secondary N) is 2. The number of rotatable bonds is 3. The number of anilines is 2. The van der Waals surface area contributed by atoms with Gasteiger partial charge < -0.3 is 15.5 Å². The van der Waals surface area contributed by atoms with Crippen LogP contribution in [0.1, 0.15) is 12.8 Å². The maximum absolute atomic E-state index is 13.2. The van der Waals surface area contributed by atoms with Gasteiger partial charge in [-0.05, 0) is 43.2 Å². The minimum Gasteiger partial charge on any atom is -0.326 e. The third-order valence-electron chi connectivity index (χ3n) is 4.20. The first-order valence-corrected chi connectivity index (χ1v) is 8.29. The second-order valence-electron chi connectivity index (χ2n) is 6.08. The molecule has 0 aliphatic carbocycles. The summed E-state index contributed by atoms with van der Waals surface area (Å²) < 4.78 is 13.2. The van der Waals surface area contributed by atoms with Gasteiger partial charge >= 0.3 is 6.03 Å². The molecule has 3 amide bonds. The number of likely N-dealkylation sites (tertiary alicyclic amines) is 1. The fourth-order valence-electron chi connectivity index (χ4n) is 2.91. The molecule has 1 fully saturated rings. The van der Waals surface area contributed by atoms with E-state index < -0.39 is 5.82 Å². The lowest BCUT2D eigenvalue weighted by Crippen LogP contribution is -2.45. The Bertz CT molecular complexity index is 751. The highest BCUT2D eigenvalue weighted by atomic mass is 19.1. The third-order valence-corrected chi connectivity index (χ3v) is 4.20. The Kier molecular flexibility index (Phi) is 5.28. The number of hydrogen-bond donors (Lipinski definition) is 2.